The largest absolute Gasteiger partial charge is 0.549 e. The van der Waals surface area contributed by atoms with E-state index in [-0.39, 0.29) is 0 Å². The molecule has 0 saturated heterocycles. The third-order valence-electron chi connectivity index (χ3n) is 3.07. The Kier molecular flexibility index (Phi) is 5.05. The van der Waals surface area contributed by atoms with Gasteiger partial charge in [0, 0.05) is 0 Å². The maximum absolute atomic E-state index is 13.4. The van der Waals surface area contributed by atoms with Crippen LogP contribution < -0.4 is 4.74 Å². The number of hydrogen-bond donors (Lipinski definition) is 0. The zero-order valence-electron chi connectivity index (χ0n) is 12.1. The average Bonchev–Trinajstić information content (AvgIpc) is 2.60. The van der Waals surface area contributed by atoms with E-state index in [1.165, 1.54) is 0 Å². The molecule has 0 aliphatic heterocycles. The van der Waals surface area contributed by atoms with Gasteiger partial charge in [-0.05, 0) is 17.7 Å². The van der Waals surface area contributed by atoms with Crippen LogP contribution in [0.1, 0.15) is 20.7 Å². The molecule has 0 aliphatic rings. The molecular weight excluding hydrogens is 379 g/mol. The second-order valence-corrected chi connectivity index (χ2v) is 4.80. The van der Waals surface area contributed by atoms with Gasteiger partial charge >= 0.3 is 12.9 Å². The first kappa shape index (κ1) is 19.4. The molecule has 0 unspecified atom stereocenters. The molecule has 2 aromatic carbocycles. The van der Waals surface area contributed by atoms with Gasteiger partial charge in [-0.15, -0.1) is 0 Å². The number of rotatable bonds is 4. The number of carbonyl (C=O) groups is 2. The van der Waals surface area contributed by atoms with E-state index in [0.29, 0.717) is 24.3 Å². The van der Waals surface area contributed by atoms with Gasteiger partial charge in [-0.25, -0.2) is 18.0 Å². The fraction of sp³-hybridized carbons (Fsp3) is 0. The molecule has 2 rings (SSSR count). The molecule has 0 N–H and O–H groups in total. The van der Waals surface area contributed by atoms with E-state index in [4.69, 9.17) is 0 Å². The summed E-state index contributed by atoms with van der Waals surface area (Å²) in [5, 5.41) is 0. The molecule has 2 aromatic rings. The van der Waals surface area contributed by atoms with Gasteiger partial charge < -0.3 is 22.5 Å². The molecule has 0 aromatic heterocycles. The third-order valence-corrected chi connectivity index (χ3v) is 3.07. The zero-order chi connectivity index (χ0) is 19.8. The van der Waals surface area contributed by atoms with Crippen molar-refractivity contribution < 1.29 is 49.2 Å². The highest BCUT2D eigenvalue weighted by molar-refractivity contribution is 6.93. The summed E-state index contributed by atoms with van der Waals surface area (Å²) in [6, 6.07) is 2.49. The van der Waals surface area contributed by atoms with E-state index in [0.717, 1.165) is 0 Å². The Labute approximate surface area is 139 Å². The van der Waals surface area contributed by atoms with Crippen molar-refractivity contribution in [2.75, 3.05) is 0 Å². The summed E-state index contributed by atoms with van der Waals surface area (Å²) in [5.41, 5.74) is -3.56. The molecule has 0 amide bonds. The molecule has 26 heavy (non-hydrogen) atoms. The minimum Gasteiger partial charge on any atom is -0.443 e. The first-order valence-corrected chi connectivity index (χ1v) is 6.53. The van der Waals surface area contributed by atoms with Crippen molar-refractivity contribution in [3.8, 4) is 5.75 Å². The summed E-state index contributed by atoms with van der Waals surface area (Å²) in [7, 11) is 0. The molecule has 0 heterocycles. The summed E-state index contributed by atoms with van der Waals surface area (Å²) in [6.07, 6.45) is 0. The number of hydrogen-bond acceptors (Lipinski definition) is 3. The van der Waals surface area contributed by atoms with Crippen molar-refractivity contribution in [1.29, 1.82) is 0 Å². The topological polar surface area (TPSA) is 43.4 Å². The smallest absolute Gasteiger partial charge is 0.443 e. The van der Waals surface area contributed by atoms with Crippen molar-refractivity contribution in [2.45, 2.75) is 0 Å². The SMILES string of the molecule is O=C(Oc1c(F)c(F)c(F)c(F)c1F)c1ccc(C(=O)[B-](F)(F)F)cc1. The van der Waals surface area contributed by atoms with Crippen LogP contribution in [0.2, 0.25) is 0 Å². The highest BCUT2D eigenvalue weighted by Gasteiger charge is 2.34. The summed E-state index contributed by atoms with van der Waals surface area (Å²) in [4.78, 5) is 22.7. The quantitative estimate of drug-likeness (QED) is 0.199. The second-order valence-electron chi connectivity index (χ2n) is 4.80. The predicted octanol–water partition coefficient (Wildman–Crippen LogP) is 4.17. The number of carbonyl (C=O) groups excluding carboxylic acids is 2. The monoisotopic (exact) mass is 383 g/mol. The van der Waals surface area contributed by atoms with Gasteiger partial charge in [0.15, 0.2) is 0 Å². The zero-order valence-corrected chi connectivity index (χ0v) is 12.1. The molecule has 0 radical (unpaired) electrons. The van der Waals surface area contributed by atoms with E-state index in [1.807, 2.05) is 0 Å². The van der Waals surface area contributed by atoms with E-state index in [1.54, 1.807) is 0 Å². The molecule has 0 fully saturated rings. The van der Waals surface area contributed by atoms with Crippen molar-refractivity contribution in [2.24, 2.45) is 0 Å². The Morgan fingerprint density at radius 3 is 1.50 bits per heavy atom. The Bertz CT molecular complexity index is 864. The van der Waals surface area contributed by atoms with Gasteiger partial charge in [-0.3, -0.25) is 0 Å². The van der Waals surface area contributed by atoms with Crippen LogP contribution >= 0.6 is 0 Å². The summed E-state index contributed by atoms with van der Waals surface area (Å²) in [5.74, 6) is -15.4. The number of benzene rings is 2. The summed E-state index contributed by atoms with van der Waals surface area (Å²) in [6.45, 7) is -5.82. The number of esters is 1. The predicted molar refractivity (Wildman–Crippen MR) is 71.0 cm³/mol. The molecule has 12 heteroatoms. The highest BCUT2D eigenvalue weighted by Crippen LogP contribution is 2.29. The molecular formula is C14H4BF8O3-. The molecule has 0 bridgehead atoms. The first-order chi connectivity index (χ1) is 11.9. The molecule has 138 valence electrons. The van der Waals surface area contributed by atoms with Crippen LogP contribution in [0.3, 0.4) is 0 Å². The van der Waals surface area contributed by atoms with E-state index in [9.17, 15) is 44.5 Å². The third kappa shape index (κ3) is 3.53. The van der Waals surface area contributed by atoms with Gasteiger partial charge in [0.1, 0.15) is 5.68 Å². The van der Waals surface area contributed by atoms with Crippen LogP contribution in [0.25, 0.3) is 0 Å². The Morgan fingerprint density at radius 2 is 1.08 bits per heavy atom. The van der Waals surface area contributed by atoms with Crippen LogP contribution in [-0.2, 0) is 0 Å². The lowest BCUT2D eigenvalue weighted by Gasteiger charge is -2.13. The number of ether oxygens (including phenoxy) is 1. The fourth-order valence-electron chi connectivity index (χ4n) is 1.79. The average molecular weight is 383 g/mol. The lowest BCUT2D eigenvalue weighted by atomic mass is 9.80. The summed E-state index contributed by atoms with van der Waals surface area (Å²) < 4.78 is 107. The van der Waals surface area contributed by atoms with Gasteiger partial charge in [-0.2, -0.15) is 8.78 Å². The maximum Gasteiger partial charge on any atom is 0.549 e. The van der Waals surface area contributed by atoms with Crippen molar-refractivity contribution in [1.82, 2.24) is 0 Å². The van der Waals surface area contributed by atoms with Crippen molar-refractivity contribution in [3.05, 3.63) is 64.5 Å². The number of halogens is 8. The Balaban J connectivity index is 2.31. The van der Waals surface area contributed by atoms with Gasteiger partial charge in [0.2, 0.25) is 34.8 Å². The fourth-order valence-corrected chi connectivity index (χ4v) is 1.79. The first-order valence-electron chi connectivity index (χ1n) is 6.53. The lowest BCUT2D eigenvalue weighted by molar-refractivity contribution is 0.0715. The van der Waals surface area contributed by atoms with E-state index in [2.05, 4.69) is 4.74 Å². The summed E-state index contributed by atoms with van der Waals surface area (Å²) >= 11 is 0. The van der Waals surface area contributed by atoms with E-state index < -0.39 is 64.6 Å². The van der Waals surface area contributed by atoms with Crippen molar-refractivity contribution in [3.63, 3.8) is 0 Å². The lowest BCUT2D eigenvalue weighted by Crippen LogP contribution is -2.29. The van der Waals surface area contributed by atoms with Gasteiger partial charge in [0.05, 0.1) is 5.56 Å². The maximum atomic E-state index is 13.4. The van der Waals surface area contributed by atoms with Crippen LogP contribution in [0.5, 0.6) is 5.75 Å². The van der Waals surface area contributed by atoms with Crippen LogP contribution in [0.4, 0.5) is 34.9 Å². The highest BCUT2D eigenvalue weighted by atomic mass is 19.4. The minimum absolute atomic E-state index is 0.590. The molecule has 0 aliphatic carbocycles. The Morgan fingerprint density at radius 1 is 0.692 bits per heavy atom. The van der Waals surface area contributed by atoms with Crippen molar-refractivity contribution >= 4 is 18.6 Å². The molecule has 0 atom stereocenters. The molecule has 0 spiro atoms. The van der Waals surface area contributed by atoms with Gasteiger partial charge in [0.25, 0.3) is 0 Å². The standard InChI is InChI=1S/C14H4BF8O3/c16-7-8(17)10(19)12(11(20)9(7)18)26-14(25)6-3-1-5(2-4-6)13(24)15(21,22)23/h1-4H/q-1. The molecule has 3 nitrogen and oxygen atoms in total. The van der Waals surface area contributed by atoms with E-state index >= 15 is 0 Å². The molecule has 0 saturated carbocycles. The Hall–Kier alpha value is -2.92. The van der Waals surface area contributed by atoms with Crippen LogP contribution in [-0.4, -0.2) is 18.6 Å². The van der Waals surface area contributed by atoms with Crippen LogP contribution in [0, 0.1) is 29.1 Å². The second kappa shape index (κ2) is 6.77. The normalized spacial score (nSPS) is 11.4. The van der Waals surface area contributed by atoms with Gasteiger partial charge in [-0.1, -0.05) is 12.1 Å². The minimum atomic E-state index is -5.82. The van der Waals surface area contributed by atoms with Crippen LogP contribution in [0.15, 0.2) is 24.3 Å².